The smallest absolute Gasteiger partial charge is 0.240 e. The Morgan fingerprint density at radius 1 is 1.56 bits per heavy atom. The standard InChI is InChI=1S/C11H11ClN2O2/c1-2-16-14-6-5-9-7-10(13-8-15)3-4-11(9)12/h3-4,6-7H,2,5H2,1H3. The monoisotopic (exact) mass is 238 g/mol. The van der Waals surface area contributed by atoms with Crippen molar-refractivity contribution in [2.45, 2.75) is 13.3 Å². The van der Waals surface area contributed by atoms with Crippen molar-refractivity contribution in [3.63, 3.8) is 0 Å². The van der Waals surface area contributed by atoms with E-state index in [1.165, 1.54) is 6.08 Å². The molecule has 4 nitrogen and oxygen atoms in total. The predicted molar refractivity (Wildman–Crippen MR) is 63.1 cm³/mol. The molecule has 0 bridgehead atoms. The van der Waals surface area contributed by atoms with Gasteiger partial charge in [-0.25, -0.2) is 4.79 Å². The van der Waals surface area contributed by atoms with Crippen LogP contribution in [0.25, 0.3) is 0 Å². The zero-order chi connectivity index (χ0) is 11.8. The van der Waals surface area contributed by atoms with E-state index in [9.17, 15) is 4.79 Å². The van der Waals surface area contributed by atoms with Gasteiger partial charge in [0.25, 0.3) is 0 Å². The summed E-state index contributed by atoms with van der Waals surface area (Å²) in [6.07, 6.45) is 3.62. The van der Waals surface area contributed by atoms with E-state index in [-0.39, 0.29) is 0 Å². The zero-order valence-electron chi connectivity index (χ0n) is 8.81. The summed E-state index contributed by atoms with van der Waals surface area (Å²) in [4.78, 5) is 18.4. The number of halogens is 1. The van der Waals surface area contributed by atoms with Gasteiger partial charge < -0.3 is 4.84 Å². The topological polar surface area (TPSA) is 51.0 Å². The van der Waals surface area contributed by atoms with Crippen molar-refractivity contribution in [3.05, 3.63) is 28.8 Å². The molecule has 0 aliphatic carbocycles. The van der Waals surface area contributed by atoms with Gasteiger partial charge in [0.05, 0.1) is 5.69 Å². The van der Waals surface area contributed by atoms with Crippen molar-refractivity contribution < 1.29 is 9.63 Å². The lowest BCUT2D eigenvalue weighted by Gasteiger charge is -2.01. The molecule has 0 aromatic heterocycles. The molecule has 1 aromatic carbocycles. The molecule has 0 heterocycles. The van der Waals surface area contributed by atoms with E-state index in [0.717, 1.165) is 5.56 Å². The second-order valence-corrected chi connectivity index (χ2v) is 3.30. The van der Waals surface area contributed by atoms with E-state index in [1.54, 1.807) is 24.4 Å². The van der Waals surface area contributed by atoms with Crippen LogP contribution >= 0.6 is 11.6 Å². The second kappa shape index (κ2) is 6.77. The molecule has 0 atom stereocenters. The highest BCUT2D eigenvalue weighted by Gasteiger charge is 2.00. The maximum atomic E-state index is 10.1. The summed E-state index contributed by atoms with van der Waals surface area (Å²) in [5.41, 5.74) is 1.36. The van der Waals surface area contributed by atoms with Gasteiger partial charge in [0.1, 0.15) is 6.61 Å². The Kier molecular flexibility index (Phi) is 5.26. The number of hydrogen-bond donors (Lipinski definition) is 0. The van der Waals surface area contributed by atoms with Crippen molar-refractivity contribution in [2.75, 3.05) is 6.61 Å². The minimum Gasteiger partial charge on any atom is -0.396 e. The Morgan fingerprint density at radius 2 is 2.38 bits per heavy atom. The number of hydrogen-bond acceptors (Lipinski definition) is 4. The maximum Gasteiger partial charge on any atom is 0.240 e. The first-order valence-corrected chi connectivity index (χ1v) is 5.15. The third-order valence-electron chi connectivity index (χ3n) is 1.79. The van der Waals surface area contributed by atoms with Crippen molar-refractivity contribution in [2.24, 2.45) is 10.1 Å². The van der Waals surface area contributed by atoms with Gasteiger partial charge in [-0.1, -0.05) is 16.8 Å². The molecule has 0 aliphatic rings. The Labute approximate surface area is 98.6 Å². The Hall–Kier alpha value is -1.64. The van der Waals surface area contributed by atoms with Crippen molar-refractivity contribution in [3.8, 4) is 0 Å². The van der Waals surface area contributed by atoms with Crippen LogP contribution < -0.4 is 0 Å². The van der Waals surface area contributed by atoms with E-state index in [0.29, 0.717) is 23.7 Å². The molecule has 0 aliphatic heterocycles. The second-order valence-electron chi connectivity index (χ2n) is 2.89. The SMILES string of the molecule is CCON=CCc1cc(N=C=O)ccc1Cl. The molecule has 0 spiro atoms. The summed E-state index contributed by atoms with van der Waals surface area (Å²) in [6, 6.07) is 5.04. The average Bonchev–Trinajstić information content (AvgIpc) is 2.29. The van der Waals surface area contributed by atoms with Gasteiger partial charge in [-0.15, -0.1) is 0 Å². The van der Waals surface area contributed by atoms with Gasteiger partial charge in [0.15, 0.2) is 0 Å². The minimum atomic E-state index is 0.527. The first-order valence-electron chi connectivity index (χ1n) is 4.78. The highest BCUT2D eigenvalue weighted by Crippen LogP contribution is 2.22. The summed E-state index contributed by atoms with van der Waals surface area (Å²) in [5.74, 6) is 0. The third-order valence-corrected chi connectivity index (χ3v) is 2.16. The molecule has 0 N–H and O–H groups in total. The quantitative estimate of drug-likeness (QED) is 0.450. The van der Waals surface area contributed by atoms with Gasteiger partial charge in [0.2, 0.25) is 6.08 Å². The van der Waals surface area contributed by atoms with E-state index in [1.807, 2.05) is 6.92 Å². The molecule has 0 saturated carbocycles. The molecule has 0 saturated heterocycles. The van der Waals surface area contributed by atoms with Gasteiger partial charge in [-0.05, 0) is 30.7 Å². The summed E-state index contributed by atoms with van der Waals surface area (Å²) in [5, 5.41) is 4.31. The summed E-state index contributed by atoms with van der Waals surface area (Å²) in [6.45, 7) is 2.38. The van der Waals surface area contributed by atoms with Gasteiger partial charge in [-0.3, -0.25) is 0 Å². The van der Waals surface area contributed by atoms with Crippen LogP contribution in [0, 0.1) is 0 Å². The lowest BCUT2D eigenvalue weighted by atomic mass is 10.1. The van der Waals surface area contributed by atoms with Gasteiger partial charge >= 0.3 is 0 Å². The van der Waals surface area contributed by atoms with Gasteiger partial charge in [-0.2, -0.15) is 4.99 Å². The van der Waals surface area contributed by atoms with Crippen LogP contribution in [0.1, 0.15) is 12.5 Å². The van der Waals surface area contributed by atoms with E-state index >= 15 is 0 Å². The van der Waals surface area contributed by atoms with E-state index in [2.05, 4.69) is 10.1 Å². The fourth-order valence-corrected chi connectivity index (χ4v) is 1.30. The number of rotatable bonds is 5. The van der Waals surface area contributed by atoms with E-state index in [4.69, 9.17) is 16.4 Å². The fourth-order valence-electron chi connectivity index (χ4n) is 1.10. The largest absolute Gasteiger partial charge is 0.396 e. The summed E-state index contributed by atoms with van der Waals surface area (Å²) < 4.78 is 0. The maximum absolute atomic E-state index is 10.1. The first-order chi connectivity index (χ1) is 7.77. The van der Waals surface area contributed by atoms with Gasteiger partial charge in [0, 0.05) is 17.7 Å². The molecule has 5 heteroatoms. The number of benzene rings is 1. The summed E-state index contributed by atoms with van der Waals surface area (Å²) in [7, 11) is 0. The number of oxime groups is 1. The first kappa shape index (κ1) is 12.4. The summed E-state index contributed by atoms with van der Waals surface area (Å²) >= 11 is 5.97. The van der Waals surface area contributed by atoms with E-state index < -0.39 is 0 Å². The van der Waals surface area contributed by atoms with Crippen LogP contribution in [-0.2, 0) is 16.1 Å². The normalized spacial score (nSPS) is 10.1. The van der Waals surface area contributed by atoms with Crippen molar-refractivity contribution in [1.29, 1.82) is 0 Å². The highest BCUT2D eigenvalue weighted by molar-refractivity contribution is 6.31. The van der Waals surface area contributed by atoms with Crippen LogP contribution in [0.3, 0.4) is 0 Å². The van der Waals surface area contributed by atoms with Crippen LogP contribution in [0.4, 0.5) is 5.69 Å². The van der Waals surface area contributed by atoms with Crippen LogP contribution in [-0.4, -0.2) is 18.9 Å². The molecular weight excluding hydrogens is 228 g/mol. The lowest BCUT2D eigenvalue weighted by Crippen LogP contribution is -1.89. The molecule has 0 amide bonds. The zero-order valence-corrected chi connectivity index (χ0v) is 9.57. The molecule has 84 valence electrons. The molecule has 16 heavy (non-hydrogen) atoms. The molecule has 0 fully saturated rings. The number of carbonyl (C=O) groups excluding carboxylic acids is 1. The number of aliphatic imine (C=N–C) groups is 1. The lowest BCUT2D eigenvalue weighted by molar-refractivity contribution is 0.160. The Bertz CT molecular complexity index is 426. The molecule has 1 rings (SSSR count). The molecule has 1 aromatic rings. The van der Waals surface area contributed by atoms with Crippen LogP contribution in [0.15, 0.2) is 28.3 Å². The molecular formula is C11H11ClN2O2. The number of nitrogens with zero attached hydrogens (tertiary/aromatic N) is 2. The highest BCUT2D eigenvalue weighted by atomic mass is 35.5. The predicted octanol–water partition coefficient (Wildman–Crippen LogP) is 2.87. The third kappa shape index (κ3) is 3.85. The molecule has 0 radical (unpaired) electrons. The van der Waals surface area contributed by atoms with Crippen molar-refractivity contribution >= 4 is 29.6 Å². The average molecular weight is 239 g/mol. The number of isocyanates is 1. The van der Waals surface area contributed by atoms with Crippen LogP contribution in [0.5, 0.6) is 0 Å². The van der Waals surface area contributed by atoms with Crippen LogP contribution in [0.2, 0.25) is 5.02 Å². The van der Waals surface area contributed by atoms with Crippen molar-refractivity contribution in [1.82, 2.24) is 0 Å². The molecule has 0 unspecified atom stereocenters. The Balaban J connectivity index is 2.77. The fraction of sp³-hybridized carbons (Fsp3) is 0.273. The minimum absolute atomic E-state index is 0.527. The Morgan fingerprint density at radius 3 is 3.06 bits per heavy atom.